The molecule has 0 saturated heterocycles. The first kappa shape index (κ1) is 15.3. The van der Waals surface area contributed by atoms with Crippen LogP contribution in [-0.2, 0) is 14.8 Å². The maximum atomic E-state index is 12.0. The molecule has 1 aromatic rings. The quantitative estimate of drug-likeness (QED) is 0.603. The van der Waals surface area contributed by atoms with Crippen molar-refractivity contribution in [2.24, 2.45) is 5.73 Å². The molecule has 18 heavy (non-hydrogen) atoms. The molecule has 3 N–H and O–H groups in total. The van der Waals surface area contributed by atoms with Crippen LogP contribution in [0.4, 0.5) is 0 Å². The van der Waals surface area contributed by atoms with E-state index in [2.05, 4.69) is 4.72 Å². The van der Waals surface area contributed by atoms with E-state index >= 15 is 0 Å². The molecule has 0 bridgehead atoms. The third kappa shape index (κ3) is 3.89. The van der Waals surface area contributed by atoms with E-state index in [0.29, 0.717) is 5.56 Å². The highest BCUT2D eigenvalue weighted by Crippen LogP contribution is 2.22. The minimum Gasteiger partial charge on any atom is -0.389 e. The zero-order valence-corrected chi connectivity index (χ0v) is 12.0. The summed E-state index contributed by atoms with van der Waals surface area (Å²) in [5, 5.41) is 0.111. The monoisotopic (exact) mass is 308 g/mol. The molecular formula is C10H13ClN2O3S2. The summed E-state index contributed by atoms with van der Waals surface area (Å²) in [4.78, 5) is 0.0607. The number of nitrogens with two attached hydrogens (primary N) is 1. The summed E-state index contributed by atoms with van der Waals surface area (Å²) in [5.41, 5.74) is 5.90. The van der Waals surface area contributed by atoms with Gasteiger partial charge < -0.3 is 10.5 Å². The van der Waals surface area contributed by atoms with Crippen LogP contribution in [0.15, 0.2) is 23.1 Å². The van der Waals surface area contributed by atoms with Crippen molar-refractivity contribution in [3.8, 4) is 0 Å². The summed E-state index contributed by atoms with van der Waals surface area (Å²) in [6.45, 7) is 0.429. The molecular weight excluding hydrogens is 296 g/mol. The Morgan fingerprint density at radius 1 is 1.56 bits per heavy atom. The van der Waals surface area contributed by atoms with Crippen LogP contribution in [0.2, 0.25) is 5.02 Å². The molecule has 5 nitrogen and oxygen atoms in total. The van der Waals surface area contributed by atoms with E-state index in [-0.39, 0.29) is 28.1 Å². The van der Waals surface area contributed by atoms with Gasteiger partial charge in [0, 0.05) is 19.2 Å². The molecule has 0 aliphatic heterocycles. The van der Waals surface area contributed by atoms with Crippen molar-refractivity contribution in [3.05, 3.63) is 28.8 Å². The topological polar surface area (TPSA) is 81.4 Å². The van der Waals surface area contributed by atoms with Gasteiger partial charge in [-0.05, 0) is 12.1 Å². The van der Waals surface area contributed by atoms with Crippen LogP contribution in [0.25, 0.3) is 0 Å². The standard InChI is InChI=1S/C10H13ClN2O3S2/c1-16-5-4-13-18(14,15)9-6-7(10(12)17)2-3-8(9)11/h2-3,6,13H,4-5H2,1H3,(H2,12,17). The Kier molecular flexibility index (Phi) is 5.48. The van der Waals surface area contributed by atoms with Crippen LogP contribution >= 0.6 is 23.8 Å². The molecule has 8 heteroatoms. The highest BCUT2D eigenvalue weighted by molar-refractivity contribution is 7.89. The van der Waals surface area contributed by atoms with Crippen LogP contribution < -0.4 is 10.5 Å². The molecule has 0 atom stereocenters. The van der Waals surface area contributed by atoms with Gasteiger partial charge in [0.15, 0.2) is 0 Å². The second kappa shape index (κ2) is 6.44. The van der Waals surface area contributed by atoms with Crippen molar-refractivity contribution in [2.75, 3.05) is 20.3 Å². The van der Waals surface area contributed by atoms with Crippen molar-refractivity contribution in [2.45, 2.75) is 4.90 Å². The van der Waals surface area contributed by atoms with E-state index in [1.165, 1.54) is 19.2 Å². The van der Waals surface area contributed by atoms with Gasteiger partial charge in [-0.3, -0.25) is 0 Å². The number of rotatable bonds is 6. The summed E-state index contributed by atoms with van der Waals surface area (Å²) in [6, 6.07) is 4.36. The lowest BCUT2D eigenvalue weighted by Gasteiger charge is -2.09. The van der Waals surface area contributed by atoms with Gasteiger partial charge in [-0.15, -0.1) is 0 Å². The first-order valence-electron chi connectivity index (χ1n) is 4.96. The fraction of sp³-hybridized carbons (Fsp3) is 0.300. The van der Waals surface area contributed by atoms with Gasteiger partial charge in [-0.25, -0.2) is 13.1 Å². The number of thiocarbonyl (C=S) groups is 1. The molecule has 0 aliphatic rings. The fourth-order valence-corrected chi connectivity index (χ4v) is 2.88. The molecule has 0 saturated carbocycles. The van der Waals surface area contributed by atoms with E-state index in [4.69, 9.17) is 34.3 Å². The Hall–Kier alpha value is -0.730. The minimum atomic E-state index is -3.70. The average Bonchev–Trinajstić information content (AvgIpc) is 2.29. The number of hydrogen-bond acceptors (Lipinski definition) is 4. The van der Waals surface area contributed by atoms with Gasteiger partial charge in [0.05, 0.1) is 11.6 Å². The summed E-state index contributed by atoms with van der Waals surface area (Å²) in [7, 11) is -2.22. The zero-order chi connectivity index (χ0) is 13.8. The van der Waals surface area contributed by atoms with Crippen molar-refractivity contribution < 1.29 is 13.2 Å². The SMILES string of the molecule is COCCNS(=O)(=O)c1cc(C(N)=S)ccc1Cl. The molecule has 0 heterocycles. The van der Waals surface area contributed by atoms with Crippen molar-refractivity contribution in [3.63, 3.8) is 0 Å². The predicted octanol–water partition coefficient (Wildman–Crippen LogP) is 0.899. The third-order valence-electron chi connectivity index (χ3n) is 2.10. The number of benzene rings is 1. The van der Waals surface area contributed by atoms with Crippen LogP contribution in [0.3, 0.4) is 0 Å². The molecule has 0 unspecified atom stereocenters. The maximum Gasteiger partial charge on any atom is 0.242 e. The fourth-order valence-electron chi connectivity index (χ4n) is 1.22. The van der Waals surface area contributed by atoms with Gasteiger partial charge in [-0.2, -0.15) is 0 Å². The number of nitrogens with one attached hydrogen (secondary N) is 1. The van der Waals surface area contributed by atoms with Crippen molar-refractivity contribution >= 4 is 38.8 Å². The molecule has 0 radical (unpaired) electrons. The normalized spacial score (nSPS) is 11.4. The smallest absolute Gasteiger partial charge is 0.242 e. The highest BCUT2D eigenvalue weighted by Gasteiger charge is 2.18. The molecule has 1 rings (SSSR count). The highest BCUT2D eigenvalue weighted by atomic mass is 35.5. The third-order valence-corrected chi connectivity index (χ3v) is 4.28. The van der Waals surface area contributed by atoms with Crippen LogP contribution in [-0.4, -0.2) is 33.7 Å². The molecule has 0 aromatic heterocycles. The van der Waals surface area contributed by atoms with Crippen LogP contribution in [0.1, 0.15) is 5.56 Å². The largest absolute Gasteiger partial charge is 0.389 e. The number of methoxy groups -OCH3 is 1. The first-order valence-corrected chi connectivity index (χ1v) is 7.23. The van der Waals surface area contributed by atoms with E-state index < -0.39 is 10.0 Å². The number of hydrogen-bond donors (Lipinski definition) is 2. The second-order valence-corrected chi connectivity index (χ2v) is 5.98. The van der Waals surface area contributed by atoms with E-state index in [0.717, 1.165) is 0 Å². The molecule has 0 aliphatic carbocycles. The Balaban J connectivity index is 3.07. The summed E-state index contributed by atoms with van der Waals surface area (Å²) >= 11 is 10.7. The number of sulfonamides is 1. The Bertz CT molecular complexity index is 546. The lowest BCUT2D eigenvalue weighted by molar-refractivity contribution is 0.204. The molecule has 0 fully saturated rings. The van der Waals surface area contributed by atoms with Gasteiger partial charge in [0.2, 0.25) is 10.0 Å². The van der Waals surface area contributed by atoms with Gasteiger partial charge in [-0.1, -0.05) is 29.9 Å². The maximum absolute atomic E-state index is 12.0. The lowest BCUT2D eigenvalue weighted by atomic mass is 10.2. The summed E-state index contributed by atoms with van der Waals surface area (Å²) < 4.78 is 31.1. The van der Waals surface area contributed by atoms with Crippen LogP contribution in [0, 0.1) is 0 Å². The van der Waals surface area contributed by atoms with E-state index in [9.17, 15) is 8.42 Å². The van der Waals surface area contributed by atoms with Crippen molar-refractivity contribution in [1.82, 2.24) is 4.72 Å². The number of halogens is 1. The van der Waals surface area contributed by atoms with Gasteiger partial charge in [0.1, 0.15) is 9.88 Å². The van der Waals surface area contributed by atoms with Crippen molar-refractivity contribution in [1.29, 1.82) is 0 Å². The summed E-state index contributed by atoms with van der Waals surface area (Å²) in [5.74, 6) is 0. The Morgan fingerprint density at radius 2 is 2.22 bits per heavy atom. The second-order valence-electron chi connectivity index (χ2n) is 3.40. The zero-order valence-electron chi connectivity index (χ0n) is 9.64. The molecule has 1 aromatic carbocycles. The van der Waals surface area contributed by atoms with E-state index in [1.807, 2.05) is 0 Å². The Morgan fingerprint density at radius 3 is 2.78 bits per heavy atom. The summed E-state index contributed by atoms with van der Waals surface area (Å²) in [6.07, 6.45) is 0. The Labute approximate surface area is 116 Å². The lowest BCUT2D eigenvalue weighted by Crippen LogP contribution is -2.27. The van der Waals surface area contributed by atoms with E-state index in [1.54, 1.807) is 6.07 Å². The first-order chi connectivity index (χ1) is 8.38. The minimum absolute atomic E-state index is 0.0504. The molecule has 100 valence electrons. The van der Waals surface area contributed by atoms with Gasteiger partial charge >= 0.3 is 0 Å². The predicted molar refractivity (Wildman–Crippen MR) is 74.4 cm³/mol. The number of ether oxygens (including phenoxy) is 1. The average molecular weight is 309 g/mol. The molecule has 0 amide bonds. The van der Waals surface area contributed by atoms with Crippen LogP contribution in [0.5, 0.6) is 0 Å². The van der Waals surface area contributed by atoms with Gasteiger partial charge in [0.25, 0.3) is 0 Å². The molecule has 0 spiro atoms.